The van der Waals surface area contributed by atoms with Gasteiger partial charge in [0.25, 0.3) is 0 Å². The predicted molar refractivity (Wildman–Crippen MR) is 114 cm³/mol. The summed E-state index contributed by atoms with van der Waals surface area (Å²) >= 11 is 0. The monoisotopic (exact) mass is 462 g/mol. The quantitative estimate of drug-likeness (QED) is 0.601. The maximum atomic E-state index is 14.4. The van der Waals surface area contributed by atoms with Crippen molar-refractivity contribution in [2.45, 2.75) is 31.2 Å². The molecule has 5 nitrogen and oxygen atoms in total. The van der Waals surface area contributed by atoms with E-state index in [9.17, 15) is 26.4 Å². The lowest BCUT2D eigenvalue weighted by atomic mass is 9.74. The first-order valence-corrected chi connectivity index (χ1v) is 12.3. The van der Waals surface area contributed by atoms with Crippen LogP contribution in [0.1, 0.15) is 30.7 Å². The van der Waals surface area contributed by atoms with Crippen molar-refractivity contribution < 1.29 is 26.4 Å². The first-order valence-electron chi connectivity index (χ1n) is 10.4. The highest BCUT2D eigenvalue weighted by Crippen LogP contribution is 2.45. The Bertz CT molecular complexity index is 1300. The van der Waals surface area contributed by atoms with Crippen LogP contribution >= 0.6 is 0 Å². The number of benzene rings is 2. The Hall–Kier alpha value is -2.81. The highest BCUT2D eigenvalue weighted by atomic mass is 32.2. The SMILES string of the molecule is O=C(CC1CS(=O)(=O)C1)NC1CC(c2c(-c3ccc(F)cc3)[nH]c3c(F)cc(F)cc23)C1. The lowest BCUT2D eigenvalue weighted by Gasteiger charge is -2.37. The molecule has 0 spiro atoms. The van der Waals surface area contributed by atoms with Crippen molar-refractivity contribution in [2.24, 2.45) is 5.92 Å². The van der Waals surface area contributed by atoms with Crippen LogP contribution in [0.3, 0.4) is 0 Å². The van der Waals surface area contributed by atoms with E-state index in [-0.39, 0.29) is 47.2 Å². The van der Waals surface area contributed by atoms with Crippen molar-refractivity contribution in [3.63, 3.8) is 0 Å². The first-order chi connectivity index (χ1) is 15.2. The van der Waals surface area contributed by atoms with Gasteiger partial charge in [-0.2, -0.15) is 0 Å². The molecule has 1 aromatic heterocycles. The zero-order valence-corrected chi connectivity index (χ0v) is 17.8. The van der Waals surface area contributed by atoms with Crippen LogP contribution in [0.4, 0.5) is 13.2 Å². The van der Waals surface area contributed by atoms with E-state index in [0.717, 1.165) is 11.6 Å². The summed E-state index contributed by atoms with van der Waals surface area (Å²) in [4.78, 5) is 15.3. The second kappa shape index (κ2) is 7.65. The molecule has 9 heteroatoms. The van der Waals surface area contributed by atoms with Crippen LogP contribution in [0.25, 0.3) is 22.2 Å². The number of carbonyl (C=O) groups is 1. The minimum absolute atomic E-state index is 0.0422. The molecule has 2 heterocycles. The Labute approximate surface area is 182 Å². The number of amides is 1. The smallest absolute Gasteiger partial charge is 0.220 e. The summed E-state index contributed by atoms with van der Waals surface area (Å²) in [6, 6.07) is 7.82. The number of hydrogen-bond donors (Lipinski definition) is 2. The van der Waals surface area contributed by atoms with Gasteiger partial charge in [0.2, 0.25) is 5.91 Å². The van der Waals surface area contributed by atoms with Gasteiger partial charge in [-0.25, -0.2) is 21.6 Å². The van der Waals surface area contributed by atoms with Gasteiger partial charge in [0.15, 0.2) is 9.84 Å². The maximum absolute atomic E-state index is 14.4. The fourth-order valence-electron chi connectivity index (χ4n) is 4.82. The Morgan fingerprint density at radius 2 is 1.72 bits per heavy atom. The molecule has 3 aromatic rings. The number of halogens is 3. The van der Waals surface area contributed by atoms with Crippen LogP contribution in [0, 0.1) is 23.4 Å². The largest absolute Gasteiger partial charge is 0.353 e. The second-order valence-corrected chi connectivity index (χ2v) is 11.0. The molecule has 1 amide bonds. The number of H-pyrrole nitrogens is 1. The van der Waals surface area contributed by atoms with Crippen LogP contribution in [0.2, 0.25) is 0 Å². The molecule has 2 N–H and O–H groups in total. The van der Waals surface area contributed by atoms with Crippen LogP contribution in [0.5, 0.6) is 0 Å². The molecular formula is C23H21F3N2O3S. The second-order valence-electron chi connectivity index (χ2n) is 8.81. The Morgan fingerprint density at radius 1 is 1.03 bits per heavy atom. The number of fused-ring (bicyclic) bond motifs is 1. The Balaban J connectivity index is 1.36. The molecule has 2 aromatic carbocycles. The third-order valence-corrected chi connectivity index (χ3v) is 8.32. The molecule has 0 unspecified atom stereocenters. The summed E-state index contributed by atoms with van der Waals surface area (Å²) in [6.07, 6.45) is 1.37. The van der Waals surface area contributed by atoms with E-state index < -0.39 is 27.3 Å². The van der Waals surface area contributed by atoms with Gasteiger partial charge in [0, 0.05) is 23.9 Å². The molecule has 0 radical (unpaired) electrons. The molecule has 2 fully saturated rings. The van der Waals surface area contributed by atoms with Gasteiger partial charge in [0.1, 0.15) is 17.5 Å². The van der Waals surface area contributed by atoms with E-state index in [0.29, 0.717) is 29.5 Å². The fourth-order valence-corrected chi connectivity index (χ4v) is 6.39. The van der Waals surface area contributed by atoms with Crippen molar-refractivity contribution >= 4 is 26.6 Å². The third kappa shape index (κ3) is 3.90. The minimum Gasteiger partial charge on any atom is -0.353 e. The van der Waals surface area contributed by atoms with Crippen molar-refractivity contribution in [1.29, 1.82) is 0 Å². The van der Waals surface area contributed by atoms with Crippen molar-refractivity contribution in [1.82, 2.24) is 10.3 Å². The Morgan fingerprint density at radius 3 is 2.38 bits per heavy atom. The summed E-state index contributed by atoms with van der Waals surface area (Å²) in [5, 5.41) is 3.37. The lowest BCUT2D eigenvalue weighted by molar-refractivity contribution is -0.123. The molecule has 2 aliphatic rings. The summed E-state index contributed by atoms with van der Waals surface area (Å²) in [7, 11) is -2.96. The molecule has 1 aliphatic carbocycles. The van der Waals surface area contributed by atoms with Crippen LogP contribution in [-0.2, 0) is 14.6 Å². The molecule has 5 rings (SSSR count). The molecule has 1 aliphatic heterocycles. The van der Waals surface area contributed by atoms with Gasteiger partial charge in [-0.1, -0.05) is 0 Å². The first kappa shape index (κ1) is 21.1. The minimum atomic E-state index is -2.96. The van der Waals surface area contributed by atoms with Gasteiger partial charge in [-0.15, -0.1) is 0 Å². The summed E-state index contributed by atoms with van der Waals surface area (Å²) < 4.78 is 64.3. The van der Waals surface area contributed by atoms with Gasteiger partial charge < -0.3 is 10.3 Å². The zero-order valence-electron chi connectivity index (χ0n) is 17.0. The number of hydrogen-bond acceptors (Lipinski definition) is 3. The number of rotatable bonds is 5. The van der Waals surface area contributed by atoms with Crippen LogP contribution in [-0.4, -0.2) is 36.9 Å². The number of nitrogens with one attached hydrogen (secondary N) is 2. The summed E-state index contributed by atoms with van der Waals surface area (Å²) in [5.41, 5.74) is 2.22. The highest BCUT2D eigenvalue weighted by molar-refractivity contribution is 7.92. The van der Waals surface area contributed by atoms with Crippen LogP contribution < -0.4 is 5.32 Å². The third-order valence-electron chi connectivity index (χ3n) is 6.36. The van der Waals surface area contributed by atoms with E-state index in [1.54, 1.807) is 12.1 Å². The number of sulfone groups is 1. The van der Waals surface area contributed by atoms with Gasteiger partial charge in [-0.05, 0) is 66.1 Å². The average Bonchev–Trinajstić information content (AvgIpc) is 3.02. The van der Waals surface area contributed by atoms with E-state index in [2.05, 4.69) is 10.3 Å². The van der Waals surface area contributed by atoms with E-state index in [1.807, 2.05) is 0 Å². The number of aromatic nitrogens is 1. The number of aromatic amines is 1. The predicted octanol–water partition coefficient (Wildman–Crippen LogP) is 4.05. The van der Waals surface area contributed by atoms with Crippen molar-refractivity contribution in [3.05, 3.63) is 59.4 Å². The van der Waals surface area contributed by atoms with Gasteiger partial charge in [0.05, 0.1) is 22.7 Å². The summed E-state index contributed by atoms with van der Waals surface area (Å²) in [5.74, 6) is -2.00. The average molecular weight is 462 g/mol. The van der Waals surface area contributed by atoms with Gasteiger partial charge >= 0.3 is 0 Å². The Kier molecular flexibility index (Phi) is 5.03. The molecule has 0 atom stereocenters. The highest BCUT2D eigenvalue weighted by Gasteiger charge is 2.38. The molecular weight excluding hydrogens is 441 g/mol. The standard InChI is InChI=1S/C23H21F3N2O3S/c24-15-3-1-13(2-4-15)22-21(18-8-16(25)9-19(26)23(18)28-22)14-6-17(7-14)27-20(29)5-12-10-32(30,31)11-12/h1-4,8-9,12,14,17,28H,5-7,10-11H2,(H,27,29). The van der Waals surface area contributed by atoms with E-state index in [4.69, 9.17) is 0 Å². The topological polar surface area (TPSA) is 79.0 Å². The number of carbonyl (C=O) groups excluding carboxylic acids is 1. The lowest BCUT2D eigenvalue weighted by Crippen LogP contribution is -2.46. The molecule has 1 saturated carbocycles. The molecule has 168 valence electrons. The molecule has 1 saturated heterocycles. The van der Waals surface area contributed by atoms with E-state index in [1.165, 1.54) is 18.2 Å². The van der Waals surface area contributed by atoms with Crippen molar-refractivity contribution in [2.75, 3.05) is 11.5 Å². The molecule has 32 heavy (non-hydrogen) atoms. The molecule has 0 bridgehead atoms. The maximum Gasteiger partial charge on any atom is 0.220 e. The van der Waals surface area contributed by atoms with Crippen LogP contribution in [0.15, 0.2) is 36.4 Å². The van der Waals surface area contributed by atoms with Crippen molar-refractivity contribution in [3.8, 4) is 11.3 Å². The van der Waals surface area contributed by atoms with E-state index >= 15 is 0 Å². The summed E-state index contributed by atoms with van der Waals surface area (Å²) in [6.45, 7) is 0. The fraction of sp³-hybridized carbons (Fsp3) is 0.348. The van der Waals surface area contributed by atoms with Gasteiger partial charge in [-0.3, -0.25) is 4.79 Å². The zero-order chi connectivity index (χ0) is 22.6. The normalized spacial score (nSPS) is 22.3.